The van der Waals surface area contributed by atoms with E-state index in [0.717, 1.165) is 51.4 Å². The van der Waals surface area contributed by atoms with Crippen LogP contribution in [0.4, 0.5) is 0 Å². The Hall–Kier alpha value is -2.16. The summed E-state index contributed by atoms with van der Waals surface area (Å²) in [6, 6.07) is 5.49. The highest BCUT2D eigenvalue weighted by Gasteiger charge is 2.65. The number of para-hydroxylation sites is 1. The molecular weight excluding hydrogens is 520 g/mol. The number of fused-ring (bicyclic) bond motifs is 5. The standard InChI is InChI=1S/C33H50N2O6/c1-19(9-12-29(39)35-34-18-20-7-6-8-27(40-4)31(20)41-5)23-10-11-24-30-25(17-28(38)33(23,24)3)32(2)14-13-22(36)15-21(32)16-26(30)37/h6-8,18-19,21-26,28,30,36-38H,9-17H2,1-5H3,(H,35,39)/b34-18+/t19-,21+,22-,23-,24+,25+,26-,28+,30+,32+,33-/m1/s1. The summed E-state index contributed by atoms with van der Waals surface area (Å²) in [6.45, 7) is 6.83. The number of nitrogens with one attached hydrogen (secondary N) is 1. The first-order valence-corrected chi connectivity index (χ1v) is 15.6. The molecule has 4 fully saturated rings. The molecule has 0 saturated heterocycles. The minimum atomic E-state index is -0.422. The lowest BCUT2D eigenvalue weighted by Gasteiger charge is -2.63. The van der Waals surface area contributed by atoms with E-state index in [1.54, 1.807) is 26.5 Å². The molecule has 4 aliphatic rings. The summed E-state index contributed by atoms with van der Waals surface area (Å²) in [6.07, 6.45) is 7.68. The number of amides is 1. The molecule has 5 rings (SSSR count). The SMILES string of the molecule is COc1cccc(/C=N/NC(=O)CC[C@@H](C)[C@H]2CC[C@H]3[C@@H]4[C@H](O)C[C@@H]5C[C@H](O)CC[C@]5(C)[C@H]4C[C@H](O)[C@]23C)c1OC. The largest absolute Gasteiger partial charge is 0.493 e. The number of hydrazone groups is 1. The Morgan fingerprint density at radius 1 is 1.10 bits per heavy atom. The highest BCUT2D eigenvalue weighted by molar-refractivity contribution is 5.86. The third kappa shape index (κ3) is 5.29. The van der Waals surface area contributed by atoms with Crippen LogP contribution in [0.2, 0.25) is 0 Å². The van der Waals surface area contributed by atoms with Gasteiger partial charge in [-0.25, -0.2) is 5.43 Å². The number of rotatable bonds is 8. The van der Waals surface area contributed by atoms with Crippen molar-refractivity contribution in [1.82, 2.24) is 5.43 Å². The maximum absolute atomic E-state index is 12.7. The van der Waals surface area contributed by atoms with Gasteiger partial charge in [-0.1, -0.05) is 26.8 Å². The van der Waals surface area contributed by atoms with E-state index in [2.05, 4.69) is 31.3 Å². The fourth-order valence-electron chi connectivity index (χ4n) is 9.94. The molecule has 8 heteroatoms. The van der Waals surface area contributed by atoms with Crippen LogP contribution in [0.15, 0.2) is 23.3 Å². The summed E-state index contributed by atoms with van der Waals surface area (Å²) in [5.74, 6) is 2.67. The van der Waals surface area contributed by atoms with Gasteiger partial charge in [-0.15, -0.1) is 0 Å². The first-order chi connectivity index (χ1) is 19.5. The van der Waals surface area contributed by atoms with Crippen LogP contribution >= 0.6 is 0 Å². The number of aliphatic hydroxyl groups is 3. The lowest BCUT2D eigenvalue weighted by atomic mass is 9.43. The van der Waals surface area contributed by atoms with Gasteiger partial charge in [0.1, 0.15) is 0 Å². The molecule has 0 aliphatic heterocycles. The molecule has 0 aromatic heterocycles. The molecule has 1 amide bonds. The lowest BCUT2D eigenvalue weighted by Crippen LogP contribution is -2.62. The smallest absolute Gasteiger partial charge is 0.240 e. The van der Waals surface area contributed by atoms with Crippen LogP contribution in [0.25, 0.3) is 0 Å². The van der Waals surface area contributed by atoms with Crippen molar-refractivity contribution in [2.75, 3.05) is 14.2 Å². The number of hydrogen-bond donors (Lipinski definition) is 4. The van der Waals surface area contributed by atoms with E-state index in [4.69, 9.17) is 9.47 Å². The van der Waals surface area contributed by atoms with Gasteiger partial charge in [-0.05, 0) is 110 Å². The van der Waals surface area contributed by atoms with Crippen molar-refractivity contribution in [3.63, 3.8) is 0 Å². The van der Waals surface area contributed by atoms with Crippen molar-refractivity contribution < 1.29 is 29.6 Å². The van der Waals surface area contributed by atoms with Gasteiger partial charge >= 0.3 is 0 Å². The van der Waals surface area contributed by atoms with E-state index in [1.165, 1.54) is 0 Å². The Labute approximate surface area is 244 Å². The van der Waals surface area contributed by atoms with E-state index in [9.17, 15) is 20.1 Å². The van der Waals surface area contributed by atoms with Gasteiger partial charge in [-0.2, -0.15) is 5.10 Å². The molecule has 0 radical (unpaired) electrons. The van der Waals surface area contributed by atoms with Gasteiger partial charge in [-0.3, -0.25) is 4.79 Å². The van der Waals surface area contributed by atoms with Crippen LogP contribution in [-0.2, 0) is 4.79 Å². The van der Waals surface area contributed by atoms with E-state index in [0.29, 0.717) is 35.3 Å². The molecule has 0 heterocycles. The quantitative estimate of drug-likeness (QED) is 0.269. The fraction of sp³-hybridized carbons (Fsp3) is 0.758. The van der Waals surface area contributed by atoms with Crippen molar-refractivity contribution in [2.24, 2.45) is 51.4 Å². The van der Waals surface area contributed by atoms with E-state index in [1.807, 2.05) is 12.1 Å². The number of ether oxygens (including phenoxy) is 2. The number of methoxy groups -OCH3 is 2. The molecule has 0 bridgehead atoms. The number of carbonyl (C=O) groups excluding carboxylic acids is 1. The van der Waals surface area contributed by atoms with E-state index >= 15 is 0 Å². The van der Waals surface area contributed by atoms with Gasteiger partial charge in [0.2, 0.25) is 5.91 Å². The first-order valence-electron chi connectivity index (χ1n) is 15.6. The second-order valence-electron chi connectivity index (χ2n) is 13.9. The maximum atomic E-state index is 12.7. The van der Waals surface area contributed by atoms with Gasteiger partial charge in [0.25, 0.3) is 0 Å². The molecule has 1 aromatic carbocycles. The predicted octanol–water partition coefficient (Wildman–Crippen LogP) is 4.53. The molecular formula is C33H50N2O6. The van der Waals surface area contributed by atoms with Crippen LogP contribution in [0.1, 0.15) is 84.1 Å². The Balaban J connectivity index is 1.21. The molecule has 1 aromatic rings. The van der Waals surface area contributed by atoms with Gasteiger partial charge in [0.15, 0.2) is 11.5 Å². The van der Waals surface area contributed by atoms with Crippen LogP contribution in [-0.4, -0.2) is 60.0 Å². The van der Waals surface area contributed by atoms with Gasteiger partial charge < -0.3 is 24.8 Å². The lowest BCUT2D eigenvalue weighted by molar-refractivity contribution is -0.207. The summed E-state index contributed by atoms with van der Waals surface area (Å²) in [4.78, 5) is 12.7. The minimum Gasteiger partial charge on any atom is -0.493 e. The van der Waals surface area contributed by atoms with Crippen molar-refractivity contribution in [3.8, 4) is 11.5 Å². The average Bonchev–Trinajstić information content (AvgIpc) is 3.31. The van der Waals surface area contributed by atoms with Gasteiger partial charge in [0.05, 0.1) is 38.7 Å². The molecule has 0 unspecified atom stereocenters. The van der Waals surface area contributed by atoms with Crippen LogP contribution in [0.3, 0.4) is 0 Å². The van der Waals surface area contributed by atoms with Gasteiger partial charge in [0, 0.05) is 12.0 Å². The Morgan fingerprint density at radius 2 is 1.88 bits per heavy atom. The Kier molecular flexibility index (Phi) is 8.76. The predicted molar refractivity (Wildman–Crippen MR) is 158 cm³/mol. The summed E-state index contributed by atoms with van der Waals surface area (Å²) >= 11 is 0. The summed E-state index contributed by atoms with van der Waals surface area (Å²) in [5.41, 5.74) is 3.17. The van der Waals surface area contributed by atoms with Crippen molar-refractivity contribution >= 4 is 12.1 Å². The Bertz CT molecular complexity index is 1130. The van der Waals surface area contributed by atoms with Crippen molar-refractivity contribution in [1.29, 1.82) is 0 Å². The normalized spacial score (nSPS) is 40.8. The summed E-state index contributed by atoms with van der Waals surface area (Å²) in [5, 5.41) is 37.7. The zero-order chi connectivity index (χ0) is 29.5. The van der Waals surface area contributed by atoms with Crippen LogP contribution in [0.5, 0.6) is 11.5 Å². The second-order valence-corrected chi connectivity index (χ2v) is 13.9. The summed E-state index contributed by atoms with van der Waals surface area (Å²) in [7, 11) is 3.15. The molecule has 228 valence electrons. The molecule has 0 spiro atoms. The number of aliphatic hydroxyl groups excluding tert-OH is 3. The molecule has 41 heavy (non-hydrogen) atoms. The highest BCUT2D eigenvalue weighted by atomic mass is 16.5. The van der Waals surface area contributed by atoms with Crippen molar-refractivity contribution in [3.05, 3.63) is 23.8 Å². The van der Waals surface area contributed by atoms with Crippen LogP contribution in [0, 0.1) is 46.3 Å². The van der Waals surface area contributed by atoms with Crippen molar-refractivity contribution in [2.45, 2.75) is 96.9 Å². The topological polar surface area (TPSA) is 121 Å². The zero-order valence-electron chi connectivity index (χ0n) is 25.4. The van der Waals surface area contributed by atoms with Crippen LogP contribution < -0.4 is 14.9 Å². The number of benzene rings is 1. The third-order valence-corrected chi connectivity index (χ3v) is 12.2. The Morgan fingerprint density at radius 3 is 2.61 bits per heavy atom. The third-order valence-electron chi connectivity index (χ3n) is 12.2. The second kappa shape index (κ2) is 11.8. The highest BCUT2D eigenvalue weighted by Crippen LogP contribution is 2.68. The monoisotopic (exact) mass is 570 g/mol. The maximum Gasteiger partial charge on any atom is 0.240 e. The minimum absolute atomic E-state index is 0.0721. The number of nitrogens with zero attached hydrogens (tertiary/aromatic N) is 1. The summed E-state index contributed by atoms with van der Waals surface area (Å²) < 4.78 is 10.7. The first kappa shape index (κ1) is 30.3. The number of hydrogen-bond acceptors (Lipinski definition) is 7. The fourth-order valence-corrected chi connectivity index (χ4v) is 9.94. The molecule has 4 N–H and O–H groups in total. The molecule has 4 aliphatic carbocycles. The average molecular weight is 571 g/mol. The molecule has 8 nitrogen and oxygen atoms in total. The zero-order valence-corrected chi connectivity index (χ0v) is 25.4. The number of carbonyl (C=O) groups is 1. The molecule has 4 saturated carbocycles. The molecule has 11 atom stereocenters. The van der Waals surface area contributed by atoms with E-state index < -0.39 is 6.10 Å². The van der Waals surface area contributed by atoms with E-state index in [-0.39, 0.29) is 52.6 Å².